The number of fused-ring (bicyclic) bond motifs is 4. The second-order valence-electron chi connectivity index (χ2n) is 10.1. The van der Waals surface area contributed by atoms with Crippen molar-refractivity contribution in [2.24, 2.45) is 0 Å². The fraction of sp³-hybridized carbons (Fsp3) is 0.226. The van der Waals surface area contributed by atoms with Crippen molar-refractivity contribution in [3.8, 4) is 22.6 Å². The Morgan fingerprint density at radius 3 is 2.44 bits per heavy atom. The lowest BCUT2D eigenvalue weighted by molar-refractivity contribution is 0.375. The zero-order valence-corrected chi connectivity index (χ0v) is 20.0. The van der Waals surface area contributed by atoms with Gasteiger partial charge in [-0.2, -0.15) is 0 Å². The van der Waals surface area contributed by atoms with Gasteiger partial charge in [-0.25, -0.2) is 0 Å². The van der Waals surface area contributed by atoms with Gasteiger partial charge in [0, 0.05) is 22.8 Å². The van der Waals surface area contributed by atoms with Crippen LogP contribution in [0.3, 0.4) is 0 Å². The van der Waals surface area contributed by atoms with E-state index in [-0.39, 0.29) is 12.3 Å². The molecule has 0 N–H and O–H groups in total. The van der Waals surface area contributed by atoms with E-state index < -0.39 is 0 Å². The van der Waals surface area contributed by atoms with E-state index in [2.05, 4.69) is 111 Å². The third-order valence-corrected chi connectivity index (χ3v) is 8.61. The van der Waals surface area contributed by atoms with Crippen molar-refractivity contribution >= 4 is 34.5 Å². The predicted octanol–water partition coefficient (Wildman–Crippen LogP) is 6.10. The smallest absolute Gasteiger partial charge is 0.256 e. The van der Waals surface area contributed by atoms with Crippen molar-refractivity contribution in [3.63, 3.8) is 0 Å². The Morgan fingerprint density at radius 2 is 1.65 bits per heavy atom. The van der Waals surface area contributed by atoms with Gasteiger partial charge in [0.15, 0.2) is 0 Å². The number of ether oxygens (including phenoxy) is 1. The fourth-order valence-electron chi connectivity index (χ4n) is 6.94. The highest BCUT2D eigenvalue weighted by molar-refractivity contribution is 6.99. The third kappa shape index (κ3) is 2.42. The SMILES string of the molecule is CCC1c2cccc3c2N(c2cccc4c2B3c2cc(-c3ccccc3)ccc2O4)C1(C)CC. The highest BCUT2D eigenvalue weighted by Crippen LogP contribution is 2.55. The molecule has 3 heterocycles. The van der Waals surface area contributed by atoms with Crippen LogP contribution in [0.15, 0.2) is 84.9 Å². The molecule has 2 atom stereocenters. The lowest BCUT2D eigenvalue weighted by Gasteiger charge is -2.46. The second kappa shape index (κ2) is 7.02. The molecule has 4 aromatic carbocycles. The summed E-state index contributed by atoms with van der Waals surface area (Å²) in [6, 6.07) is 31.0. The first kappa shape index (κ1) is 20.0. The Kier molecular flexibility index (Phi) is 4.12. The average Bonchev–Trinajstić information content (AvgIpc) is 3.15. The predicted molar refractivity (Wildman–Crippen MR) is 143 cm³/mol. The minimum absolute atomic E-state index is 0.0550. The van der Waals surface area contributed by atoms with E-state index in [1.165, 1.54) is 44.5 Å². The number of benzene rings is 4. The van der Waals surface area contributed by atoms with Gasteiger partial charge in [0.1, 0.15) is 11.5 Å². The maximum atomic E-state index is 6.57. The monoisotopic (exact) mass is 441 g/mol. The molecule has 3 heteroatoms. The van der Waals surface area contributed by atoms with Crippen molar-refractivity contribution in [2.75, 3.05) is 4.90 Å². The number of rotatable bonds is 3. The Balaban J connectivity index is 1.52. The maximum absolute atomic E-state index is 6.57. The zero-order chi connectivity index (χ0) is 23.0. The van der Waals surface area contributed by atoms with Crippen LogP contribution in [0.2, 0.25) is 0 Å². The summed E-state index contributed by atoms with van der Waals surface area (Å²) in [5.41, 5.74) is 10.8. The van der Waals surface area contributed by atoms with Gasteiger partial charge in [0.05, 0.1) is 0 Å². The molecule has 4 aromatic rings. The Hall–Kier alpha value is -3.46. The molecule has 166 valence electrons. The third-order valence-electron chi connectivity index (χ3n) is 8.61. The molecule has 3 aliphatic rings. The Morgan fingerprint density at radius 1 is 0.824 bits per heavy atom. The van der Waals surface area contributed by atoms with Gasteiger partial charge in [0.25, 0.3) is 6.71 Å². The molecule has 0 amide bonds. The standard InChI is InChI=1S/C31H28BNO/c1-4-23-22-13-9-14-24-30(22)33(31(23,3)5-2)26-15-10-16-28-29(26)32(24)25-19-21(17-18-27(25)34-28)20-11-7-6-8-12-20/h6-19,23H,4-5H2,1-3H3. The molecule has 2 unspecified atom stereocenters. The van der Waals surface area contributed by atoms with Gasteiger partial charge in [-0.05, 0) is 71.0 Å². The van der Waals surface area contributed by atoms with E-state index in [1.807, 2.05) is 0 Å². The first-order valence-corrected chi connectivity index (χ1v) is 12.6. The van der Waals surface area contributed by atoms with E-state index in [9.17, 15) is 0 Å². The minimum atomic E-state index is 0.0550. The molecule has 0 saturated carbocycles. The normalized spacial score (nSPS) is 21.0. The van der Waals surface area contributed by atoms with Crippen molar-refractivity contribution < 1.29 is 4.74 Å². The highest BCUT2D eigenvalue weighted by atomic mass is 16.5. The van der Waals surface area contributed by atoms with Crippen LogP contribution in [-0.2, 0) is 0 Å². The van der Waals surface area contributed by atoms with Crippen LogP contribution in [0.1, 0.15) is 45.1 Å². The molecule has 0 aliphatic carbocycles. The quantitative estimate of drug-likeness (QED) is 0.314. The summed E-state index contributed by atoms with van der Waals surface area (Å²) in [5.74, 6) is 2.49. The number of anilines is 2. The summed E-state index contributed by atoms with van der Waals surface area (Å²) in [7, 11) is 0. The van der Waals surface area contributed by atoms with Crippen LogP contribution in [-0.4, -0.2) is 12.3 Å². The lowest BCUT2D eigenvalue weighted by atomic mass is 9.34. The maximum Gasteiger partial charge on any atom is 0.256 e. The molecule has 34 heavy (non-hydrogen) atoms. The first-order chi connectivity index (χ1) is 16.7. The molecule has 2 nitrogen and oxygen atoms in total. The van der Waals surface area contributed by atoms with Gasteiger partial charge < -0.3 is 9.64 Å². The second-order valence-corrected chi connectivity index (χ2v) is 10.1. The summed E-state index contributed by atoms with van der Waals surface area (Å²) >= 11 is 0. The summed E-state index contributed by atoms with van der Waals surface area (Å²) in [5, 5.41) is 0. The van der Waals surface area contributed by atoms with Crippen LogP contribution in [0.25, 0.3) is 11.1 Å². The zero-order valence-electron chi connectivity index (χ0n) is 20.0. The van der Waals surface area contributed by atoms with Crippen LogP contribution >= 0.6 is 0 Å². The Labute approximate surface area is 202 Å². The molecule has 0 spiro atoms. The van der Waals surface area contributed by atoms with Gasteiger partial charge >= 0.3 is 0 Å². The summed E-state index contributed by atoms with van der Waals surface area (Å²) < 4.78 is 6.57. The molecular formula is C31H28BNO. The minimum Gasteiger partial charge on any atom is -0.458 e. The number of nitrogens with zero attached hydrogens (tertiary/aromatic N) is 1. The van der Waals surface area contributed by atoms with Gasteiger partial charge in [-0.15, -0.1) is 0 Å². The summed E-state index contributed by atoms with van der Waals surface area (Å²) in [6.07, 6.45) is 2.24. The molecule has 0 fully saturated rings. The molecule has 0 bridgehead atoms. The lowest BCUT2D eigenvalue weighted by Crippen LogP contribution is -2.61. The van der Waals surface area contributed by atoms with Crippen LogP contribution in [0.5, 0.6) is 11.5 Å². The summed E-state index contributed by atoms with van der Waals surface area (Å²) in [4.78, 5) is 2.66. The molecular weight excluding hydrogens is 413 g/mol. The van der Waals surface area contributed by atoms with Crippen molar-refractivity contribution in [1.29, 1.82) is 0 Å². The topological polar surface area (TPSA) is 12.5 Å². The van der Waals surface area contributed by atoms with E-state index >= 15 is 0 Å². The number of hydrogen-bond donors (Lipinski definition) is 0. The Bertz CT molecular complexity index is 1450. The first-order valence-electron chi connectivity index (χ1n) is 12.6. The van der Waals surface area contributed by atoms with E-state index in [4.69, 9.17) is 4.74 Å². The van der Waals surface area contributed by atoms with E-state index in [1.54, 1.807) is 0 Å². The van der Waals surface area contributed by atoms with Gasteiger partial charge in [0.2, 0.25) is 0 Å². The largest absolute Gasteiger partial charge is 0.458 e. The van der Waals surface area contributed by atoms with Gasteiger partial charge in [-0.1, -0.05) is 80.6 Å². The molecule has 7 rings (SSSR count). The molecule has 3 aliphatic heterocycles. The highest BCUT2D eigenvalue weighted by Gasteiger charge is 2.53. The van der Waals surface area contributed by atoms with Crippen LogP contribution < -0.4 is 26.0 Å². The molecule has 0 saturated heterocycles. The molecule has 0 aromatic heterocycles. The summed E-state index contributed by atoms with van der Waals surface area (Å²) in [6.45, 7) is 7.32. The van der Waals surface area contributed by atoms with Crippen LogP contribution in [0, 0.1) is 0 Å². The van der Waals surface area contributed by atoms with E-state index in [0.29, 0.717) is 5.92 Å². The molecule has 0 radical (unpaired) electrons. The number of para-hydroxylation sites is 1. The van der Waals surface area contributed by atoms with Crippen LogP contribution in [0.4, 0.5) is 11.4 Å². The average molecular weight is 441 g/mol. The van der Waals surface area contributed by atoms with Crippen molar-refractivity contribution in [3.05, 3.63) is 90.5 Å². The van der Waals surface area contributed by atoms with E-state index in [0.717, 1.165) is 24.3 Å². The van der Waals surface area contributed by atoms with Gasteiger partial charge in [-0.3, -0.25) is 0 Å². The number of hydrogen-bond acceptors (Lipinski definition) is 2. The fourth-order valence-corrected chi connectivity index (χ4v) is 6.94. The van der Waals surface area contributed by atoms with Crippen molar-refractivity contribution in [1.82, 2.24) is 0 Å². The van der Waals surface area contributed by atoms with Crippen molar-refractivity contribution in [2.45, 2.75) is 45.1 Å².